The molecule has 0 spiro atoms. The van der Waals surface area contributed by atoms with E-state index in [1.165, 1.54) is 18.2 Å². The Balaban J connectivity index is 2.76. The van der Waals surface area contributed by atoms with Crippen LogP contribution in [0.1, 0.15) is 23.7 Å². The number of benzene rings is 1. The number of halogens is 1. The van der Waals surface area contributed by atoms with Gasteiger partial charge in [-0.3, -0.25) is 0 Å². The van der Waals surface area contributed by atoms with Gasteiger partial charge >= 0.3 is 12.0 Å². The molecule has 5 nitrogen and oxygen atoms in total. The number of carboxylic acid groups (broad SMARTS) is 1. The maximum Gasteiger partial charge on any atom is 0.335 e. The zero-order valence-corrected chi connectivity index (χ0v) is 13.8. The zero-order valence-electron chi connectivity index (χ0n) is 12.2. The first-order valence-corrected chi connectivity index (χ1v) is 8.19. The van der Waals surface area contributed by atoms with Gasteiger partial charge in [-0.25, -0.2) is 9.59 Å². The van der Waals surface area contributed by atoms with Gasteiger partial charge in [-0.1, -0.05) is 11.6 Å². The lowest BCUT2D eigenvalue weighted by atomic mass is 10.2. The molecule has 2 N–H and O–H groups in total. The first-order valence-electron chi connectivity index (χ1n) is 6.41. The van der Waals surface area contributed by atoms with Gasteiger partial charge in [0.05, 0.1) is 5.56 Å². The topological polar surface area (TPSA) is 69.6 Å². The molecule has 2 amide bonds. The molecule has 0 radical (unpaired) electrons. The molecule has 1 aromatic carbocycles. The summed E-state index contributed by atoms with van der Waals surface area (Å²) in [4.78, 5) is 24.7. The van der Waals surface area contributed by atoms with Gasteiger partial charge in [0.25, 0.3) is 0 Å². The Kier molecular flexibility index (Phi) is 6.84. The van der Waals surface area contributed by atoms with Crippen molar-refractivity contribution >= 4 is 41.1 Å². The number of urea groups is 1. The largest absolute Gasteiger partial charge is 0.478 e. The van der Waals surface area contributed by atoms with Crippen molar-refractivity contribution in [2.24, 2.45) is 0 Å². The molecule has 7 heteroatoms. The number of anilines is 1. The summed E-state index contributed by atoms with van der Waals surface area (Å²) in [7, 11) is 1.71. The van der Waals surface area contributed by atoms with Gasteiger partial charge in [0.2, 0.25) is 0 Å². The molecule has 1 rings (SSSR count). The van der Waals surface area contributed by atoms with Crippen LogP contribution in [0.15, 0.2) is 18.2 Å². The average molecular weight is 331 g/mol. The molecule has 1 aromatic rings. The number of carboxylic acids is 1. The van der Waals surface area contributed by atoms with Crippen LogP contribution in [0.4, 0.5) is 10.5 Å². The molecule has 0 aliphatic carbocycles. The van der Waals surface area contributed by atoms with E-state index in [0.29, 0.717) is 5.69 Å². The minimum atomic E-state index is -1.09. The summed E-state index contributed by atoms with van der Waals surface area (Å²) >= 11 is 7.59. The Morgan fingerprint density at radius 3 is 2.67 bits per heavy atom. The third-order valence-electron chi connectivity index (χ3n) is 3.12. The third-order valence-corrected chi connectivity index (χ3v) is 3.98. The fourth-order valence-electron chi connectivity index (χ4n) is 1.68. The summed E-state index contributed by atoms with van der Waals surface area (Å²) < 4.78 is 0. The first kappa shape index (κ1) is 17.7. The van der Waals surface area contributed by atoms with Crippen molar-refractivity contribution in [1.29, 1.82) is 0 Å². The monoisotopic (exact) mass is 330 g/mol. The molecule has 0 aromatic heterocycles. The molecule has 0 heterocycles. The maximum absolute atomic E-state index is 12.1. The molecule has 1 atom stereocenters. The maximum atomic E-state index is 12.1. The summed E-state index contributed by atoms with van der Waals surface area (Å²) in [5.41, 5.74) is 0.407. The Bertz CT molecular complexity index is 525. The summed E-state index contributed by atoms with van der Waals surface area (Å²) in [6.07, 6.45) is 2.91. The van der Waals surface area contributed by atoms with Gasteiger partial charge in [-0.15, -0.1) is 0 Å². The highest BCUT2D eigenvalue weighted by atomic mass is 35.5. The molecule has 0 saturated carbocycles. The predicted octanol–water partition coefficient (Wildman–Crippen LogP) is 3.64. The molecule has 0 bridgehead atoms. The Morgan fingerprint density at radius 1 is 1.43 bits per heavy atom. The predicted molar refractivity (Wildman–Crippen MR) is 87.7 cm³/mol. The smallest absolute Gasteiger partial charge is 0.335 e. The van der Waals surface area contributed by atoms with Gasteiger partial charge in [-0.05, 0) is 43.6 Å². The Labute approximate surface area is 133 Å². The van der Waals surface area contributed by atoms with Crippen LogP contribution in [0.25, 0.3) is 0 Å². The molecule has 0 aliphatic rings. The molecular formula is C14H19ClN2O3S. The van der Waals surface area contributed by atoms with Crippen molar-refractivity contribution in [2.75, 3.05) is 24.4 Å². The van der Waals surface area contributed by atoms with Crippen LogP contribution >= 0.6 is 23.4 Å². The first-order chi connectivity index (χ1) is 9.85. The standard InChI is InChI=1S/C14H19ClN2O3S/c1-9(4-5-21-3)17(2)14(20)16-12-7-10(13(18)19)6-11(15)8-12/h6-9H,4-5H2,1-3H3,(H,16,20)(H,18,19). The number of amides is 2. The lowest BCUT2D eigenvalue weighted by Gasteiger charge is -2.25. The van der Waals surface area contributed by atoms with E-state index in [9.17, 15) is 9.59 Å². The number of rotatable bonds is 6. The van der Waals surface area contributed by atoms with Gasteiger partial charge in [-0.2, -0.15) is 11.8 Å². The van der Waals surface area contributed by atoms with Gasteiger partial charge < -0.3 is 15.3 Å². The van der Waals surface area contributed by atoms with Crippen LogP contribution in [0, 0.1) is 0 Å². The van der Waals surface area contributed by atoms with E-state index in [1.807, 2.05) is 13.2 Å². The number of carbonyl (C=O) groups excluding carboxylic acids is 1. The summed E-state index contributed by atoms with van der Waals surface area (Å²) in [6.45, 7) is 1.97. The molecule has 1 unspecified atom stereocenters. The van der Waals surface area contributed by atoms with E-state index < -0.39 is 5.97 Å². The van der Waals surface area contributed by atoms with Crippen LogP contribution in [0.5, 0.6) is 0 Å². The minimum Gasteiger partial charge on any atom is -0.478 e. The van der Waals surface area contributed by atoms with E-state index in [0.717, 1.165) is 12.2 Å². The van der Waals surface area contributed by atoms with E-state index in [1.54, 1.807) is 23.7 Å². The zero-order chi connectivity index (χ0) is 16.0. The van der Waals surface area contributed by atoms with Crippen LogP contribution in [0.3, 0.4) is 0 Å². The van der Waals surface area contributed by atoms with Crippen molar-refractivity contribution in [1.82, 2.24) is 4.90 Å². The fourth-order valence-corrected chi connectivity index (χ4v) is 2.49. The second-order valence-corrected chi connectivity index (χ2v) is 6.13. The highest BCUT2D eigenvalue weighted by Crippen LogP contribution is 2.20. The van der Waals surface area contributed by atoms with E-state index in [-0.39, 0.29) is 22.7 Å². The molecular weight excluding hydrogens is 312 g/mol. The second kappa shape index (κ2) is 8.14. The number of aromatic carboxylic acids is 1. The van der Waals surface area contributed by atoms with E-state index in [2.05, 4.69) is 5.32 Å². The fraction of sp³-hybridized carbons (Fsp3) is 0.429. The van der Waals surface area contributed by atoms with Crippen molar-refractivity contribution in [3.63, 3.8) is 0 Å². The number of nitrogens with zero attached hydrogens (tertiary/aromatic N) is 1. The van der Waals surface area contributed by atoms with Gasteiger partial charge in [0, 0.05) is 23.8 Å². The average Bonchev–Trinajstić information content (AvgIpc) is 2.43. The van der Waals surface area contributed by atoms with Crippen molar-refractivity contribution in [3.05, 3.63) is 28.8 Å². The van der Waals surface area contributed by atoms with Crippen molar-refractivity contribution in [2.45, 2.75) is 19.4 Å². The van der Waals surface area contributed by atoms with E-state index in [4.69, 9.17) is 16.7 Å². The van der Waals surface area contributed by atoms with Gasteiger partial charge in [0.15, 0.2) is 0 Å². The molecule has 21 heavy (non-hydrogen) atoms. The quantitative estimate of drug-likeness (QED) is 0.835. The molecule has 0 fully saturated rings. The lowest BCUT2D eigenvalue weighted by Crippen LogP contribution is -2.38. The van der Waals surface area contributed by atoms with Crippen molar-refractivity contribution in [3.8, 4) is 0 Å². The SMILES string of the molecule is CSCCC(C)N(C)C(=O)Nc1cc(Cl)cc(C(=O)O)c1. The summed E-state index contributed by atoms with van der Waals surface area (Å²) in [5.74, 6) is -0.117. The second-order valence-electron chi connectivity index (χ2n) is 4.71. The Morgan fingerprint density at radius 2 is 2.10 bits per heavy atom. The van der Waals surface area contributed by atoms with Crippen LogP contribution in [-0.4, -0.2) is 47.1 Å². The summed E-state index contributed by atoms with van der Waals surface area (Å²) in [5, 5.41) is 11.9. The van der Waals surface area contributed by atoms with Crippen LogP contribution in [-0.2, 0) is 0 Å². The van der Waals surface area contributed by atoms with E-state index >= 15 is 0 Å². The summed E-state index contributed by atoms with van der Waals surface area (Å²) in [6, 6.07) is 4.04. The highest BCUT2D eigenvalue weighted by Gasteiger charge is 2.16. The number of hydrogen-bond donors (Lipinski definition) is 2. The van der Waals surface area contributed by atoms with Crippen LogP contribution < -0.4 is 5.32 Å². The minimum absolute atomic E-state index is 0.0379. The number of thioether (sulfide) groups is 1. The lowest BCUT2D eigenvalue weighted by molar-refractivity contribution is 0.0697. The highest BCUT2D eigenvalue weighted by molar-refractivity contribution is 7.98. The van der Waals surface area contributed by atoms with Crippen molar-refractivity contribution < 1.29 is 14.7 Å². The van der Waals surface area contributed by atoms with Gasteiger partial charge in [0.1, 0.15) is 0 Å². The number of nitrogens with one attached hydrogen (secondary N) is 1. The molecule has 0 saturated heterocycles. The third kappa shape index (κ3) is 5.47. The normalized spacial score (nSPS) is 11.8. The molecule has 0 aliphatic heterocycles. The molecule has 116 valence electrons. The van der Waals surface area contributed by atoms with Crippen LogP contribution in [0.2, 0.25) is 5.02 Å². The Hall–Kier alpha value is -1.40. The number of carbonyl (C=O) groups is 2. The number of hydrogen-bond acceptors (Lipinski definition) is 3.